The third kappa shape index (κ3) is 5.55. The summed E-state index contributed by atoms with van der Waals surface area (Å²) in [7, 11) is 1.61. The van der Waals surface area contributed by atoms with E-state index >= 15 is 0 Å². The molecule has 6 nitrogen and oxygen atoms in total. The van der Waals surface area contributed by atoms with E-state index < -0.39 is 0 Å². The van der Waals surface area contributed by atoms with Crippen LogP contribution in [0.5, 0.6) is 5.75 Å². The molecule has 0 aliphatic rings. The average Bonchev–Trinajstić information content (AvgIpc) is 3.14. The Morgan fingerprint density at radius 1 is 1.26 bits per heavy atom. The Hall–Kier alpha value is -2.87. The molecule has 0 saturated carbocycles. The van der Waals surface area contributed by atoms with Crippen LogP contribution in [0.3, 0.4) is 0 Å². The number of thioether (sulfide) groups is 1. The van der Waals surface area contributed by atoms with Crippen molar-refractivity contribution in [2.45, 2.75) is 12.2 Å². The maximum atomic E-state index is 13.1. The smallest absolute Gasteiger partial charge is 0.257 e. The Morgan fingerprint density at radius 2 is 2.07 bits per heavy atom. The summed E-state index contributed by atoms with van der Waals surface area (Å²) in [5.74, 6) is 2.34. The van der Waals surface area contributed by atoms with Crippen molar-refractivity contribution in [3.05, 3.63) is 60.2 Å². The van der Waals surface area contributed by atoms with Crippen LogP contribution in [-0.2, 0) is 10.5 Å². The number of methoxy groups -OCH3 is 1. The molecule has 3 rings (SSSR count). The normalized spacial score (nSPS) is 10.6. The van der Waals surface area contributed by atoms with Crippen molar-refractivity contribution < 1.29 is 18.4 Å². The number of hydrogen-bond donors (Lipinski definition) is 1. The summed E-state index contributed by atoms with van der Waals surface area (Å²) >= 11 is 1.52. The molecule has 0 unspecified atom stereocenters. The van der Waals surface area contributed by atoms with Gasteiger partial charge in [-0.05, 0) is 42.5 Å². The first-order valence-electron chi connectivity index (χ1n) is 8.24. The number of hydrogen-bond acceptors (Lipinski definition) is 6. The van der Waals surface area contributed by atoms with Crippen molar-refractivity contribution in [2.24, 2.45) is 0 Å². The topological polar surface area (TPSA) is 77.2 Å². The Bertz CT molecular complexity index is 899. The Morgan fingerprint density at radius 3 is 2.81 bits per heavy atom. The molecule has 8 heteroatoms. The van der Waals surface area contributed by atoms with Crippen LogP contribution < -0.4 is 10.1 Å². The van der Waals surface area contributed by atoms with Crippen LogP contribution >= 0.6 is 11.8 Å². The van der Waals surface area contributed by atoms with Crippen LogP contribution in [0.1, 0.15) is 12.2 Å². The van der Waals surface area contributed by atoms with Crippen molar-refractivity contribution in [2.75, 3.05) is 18.2 Å². The van der Waals surface area contributed by atoms with Gasteiger partial charge in [-0.2, -0.15) is 16.7 Å². The fourth-order valence-electron chi connectivity index (χ4n) is 2.28. The SMILES string of the molecule is COc1ccc(-c2nc(CSCCC(=O)Nc3cccc(F)c3)no2)cc1. The molecule has 0 bridgehead atoms. The van der Waals surface area contributed by atoms with Gasteiger partial charge in [0, 0.05) is 23.4 Å². The van der Waals surface area contributed by atoms with Crippen LogP contribution in [0.25, 0.3) is 11.5 Å². The number of nitrogens with zero attached hydrogens (tertiary/aromatic N) is 2. The zero-order chi connectivity index (χ0) is 19.1. The van der Waals surface area contributed by atoms with E-state index in [2.05, 4.69) is 15.5 Å². The quantitative estimate of drug-likeness (QED) is 0.585. The summed E-state index contributed by atoms with van der Waals surface area (Å²) in [6, 6.07) is 13.2. The highest BCUT2D eigenvalue weighted by Crippen LogP contribution is 2.22. The van der Waals surface area contributed by atoms with Gasteiger partial charge in [-0.1, -0.05) is 11.2 Å². The van der Waals surface area contributed by atoms with Gasteiger partial charge in [0.05, 0.1) is 12.9 Å². The number of carbonyl (C=O) groups is 1. The second-order valence-corrected chi connectivity index (χ2v) is 6.71. The average molecular weight is 387 g/mol. The lowest BCUT2D eigenvalue weighted by molar-refractivity contribution is -0.115. The molecule has 0 saturated heterocycles. The zero-order valence-corrected chi connectivity index (χ0v) is 15.5. The van der Waals surface area contributed by atoms with Crippen molar-refractivity contribution in [1.82, 2.24) is 10.1 Å². The van der Waals surface area contributed by atoms with Crippen LogP contribution in [0, 0.1) is 5.82 Å². The summed E-state index contributed by atoms with van der Waals surface area (Å²) in [5.41, 5.74) is 1.27. The van der Waals surface area contributed by atoms with E-state index in [9.17, 15) is 9.18 Å². The van der Waals surface area contributed by atoms with Gasteiger partial charge >= 0.3 is 0 Å². The largest absolute Gasteiger partial charge is 0.497 e. The highest BCUT2D eigenvalue weighted by atomic mass is 32.2. The summed E-state index contributed by atoms with van der Waals surface area (Å²) < 4.78 is 23.5. The summed E-state index contributed by atoms with van der Waals surface area (Å²) in [6.07, 6.45) is 0.310. The van der Waals surface area contributed by atoms with E-state index in [4.69, 9.17) is 9.26 Å². The number of rotatable bonds is 8. The molecular weight excluding hydrogens is 369 g/mol. The van der Waals surface area contributed by atoms with Crippen LogP contribution in [0.2, 0.25) is 0 Å². The summed E-state index contributed by atoms with van der Waals surface area (Å²) in [5, 5.41) is 6.61. The highest BCUT2D eigenvalue weighted by Gasteiger charge is 2.10. The first kappa shape index (κ1) is 18.9. The summed E-state index contributed by atoms with van der Waals surface area (Å²) in [6.45, 7) is 0. The Balaban J connectivity index is 1.43. The molecule has 1 amide bonds. The van der Waals surface area contributed by atoms with Crippen molar-refractivity contribution >= 4 is 23.4 Å². The zero-order valence-electron chi connectivity index (χ0n) is 14.6. The molecule has 0 spiro atoms. The molecular formula is C19H18FN3O3S. The maximum Gasteiger partial charge on any atom is 0.257 e. The molecule has 1 heterocycles. The van der Waals surface area contributed by atoms with Crippen molar-refractivity contribution in [3.8, 4) is 17.2 Å². The predicted octanol–water partition coefficient (Wildman–Crippen LogP) is 4.15. The molecule has 0 fully saturated rings. The molecule has 140 valence electrons. The first-order chi connectivity index (χ1) is 13.1. The third-order valence-electron chi connectivity index (χ3n) is 3.62. The van der Waals surface area contributed by atoms with E-state index in [1.54, 1.807) is 19.2 Å². The van der Waals surface area contributed by atoms with Gasteiger partial charge in [0.25, 0.3) is 5.89 Å². The molecule has 3 aromatic rings. The lowest BCUT2D eigenvalue weighted by atomic mass is 10.2. The number of amides is 1. The van der Waals surface area contributed by atoms with Crippen LogP contribution in [0.4, 0.5) is 10.1 Å². The third-order valence-corrected chi connectivity index (χ3v) is 4.57. The summed E-state index contributed by atoms with van der Waals surface area (Å²) in [4.78, 5) is 16.2. The molecule has 27 heavy (non-hydrogen) atoms. The molecule has 0 atom stereocenters. The second-order valence-electron chi connectivity index (χ2n) is 5.61. The maximum absolute atomic E-state index is 13.1. The number of nitrogens with one attached hydrogen (secondary N) is 1. The van der Waals surface area contributed by atoms with Gasteiger partial charge in [0.1, 0.15) is 11.6 Å². The number of carbonyl (C=O) groups excluding carboxylic acids is 1. The first-order valence-corrected chi connectivity index (χ1v) is 9.39. The molecule has 1 N–H and O–H groups in total. The number of halogens is 1. The van der Waals surface area contributed by atoms with Crippen molar-refractivity contribution in [3.63, 3.8) is 0 Å². The minimum atomic E-state index is -0.382. The highest BCUT2D eigenvalue weighted by molar-refractivity contribution is 7.98. The molecule has 0 aliphatic carbocycles. The van der Waals surface area contributed by atoms with Gasteiger partial charge in [-0.15, -0.1) is 0 Å². The number of ether oxygens (including phenoxy) is 1. The Labute approximate surface area is 160 Å². The minimum Gasteiger partial charge on any atom is -0.497 e. The van der Waals surface area contributed by atoms with Gasteiger partial charge in [0.2, 0.25) is 5.91 Å². The fourth-order valence-corrected chi connectivity index (χ4v) is 3.06. The van der Waals surface area contributed by atoms with E-state index in [0.29, 0.717) is 35.3 Å². The van der Waals surface area contributed by atoms with E-state index in [1.807, 2.05) is 24.3 Å². The fraction of sp³-hybridized carbons (Fsp3) is 0.211. The van der Waals surface area contributed by atoms with Gasteiger partial charge in [-0.3, -0.25) is 4.79 Å². The molecule has 0 aliphatic heterocycles. The van der Waals surface area contributed by atoms with Crippen LogP contribution in [-0.4, -0.2) is 28.9 Å². The van der Waals surface area contributed by atoms with E-state index in [1.165, 1.54) is 23.9 Å². The number of benzene rings is 2. The predicted molar refractivity (Wildman–Crippen MR) is 102 cm³/mol. The van der Waals surface area contributed by atoms with Gasteiger partial charge in [0.15, 0.2) is 5.82 Å². The van der Waals surface area contributed by atoms with Crippen LogP contribution in [0.15, 0.2) is 53.1 Å². The molecule has 0 radical (unpaired) electrons. The standard InChI is InChI=1S/C19H18FN3O3S/c1-25-16-7-5-13(6-8-16)19-22-17(23-26-19)12-27-10-9-18(24)21-15-4-2-3-14(20)11-15/h2-8,11H,9-10,12H2,1H3,(H,21,24). The van der Waals surface area contributed by atoms with Gasteiger partial charge in [-0.25, -0.2) is 4.39 Å². The monoisotopic (exact) mass is 387 g/mol. The number of aromatic nitrogens is 2. The molecule has 2 aromatic carbocycles. The van der Waals surface area contributed by atoms with Gasteiger partial charge < -0.3 is 14.6 Å². The molecule has 1 aromatic heterocycles. The lowest BCUT2D eigenvalue weighted by Crippen LogP contribution is -2.12. The number of anilines is 1. The van der Waals surface area contributed by atoms with Crippen molar-refractivity contribution in [1.29, 1.82) is 0 Å². The second kappa shape index (κ2) is 9.18. The minimum absolute atomic E-state index is 0.167. The van der Waals surface area contributed by atoms with E-state index in [0.717, 1.165) is 11.3 Å². The Kier molecular flexibility index (Phi) is 6.43. The van der Waals surface area contributed by atoms with E-state index in [-0.39, 0.29) is 11.7 Å². The lowest BCUT2D eigenvalue weighted by Gasteiger charge is -2.04.